The van der Waals surface area contributed by atoms with E-state index in [4.69, 9.17) is 4.99 Å². The van der Waals surface area contributed by atoms with Crippen molar-refractivity contribution in [3.8, 4) is 0 Å². The SMILES string of the molecule is CCc1ccccc1N=C(C)c1cccc(C(C)=Nc2ccc(F)cc2F)n1. The van der Waals surface area contributed by atoms with Crippen molar-refractivity contribution in [2.75, 3.05) is 0 Å². The van der Waals surface area contributed by atoms with E-state index in [0.717, 1.165) is 29.6 Å². The quantitative estimate of drug-likeness (QED) is 0.488. The van der Waals surface area contributed by atoms with Crippen molar-refractivity contribution in [1.29, 1.82) is 0 Å². The third-order valence-corrected chi connectivity index (χ3v) is 4.35. The minimum Gasteiger partial charge on any atom is -0.251 e. The molecule has 2 aromatic carbocycles. The fraction of sp³-hybridized carbons (Fsp3) is 0.174. The molecule has 0 atom stereocenters. The largest absolute Gasteiger partial charge is 0.251 e. The molecule has 0 aliphatic heterocycles. The molecule has 0 aliphatic carbocycles. The van der Waals surface area contributed by atoms with Crippen LogP contribution >= 0.6 is 0 Å². The van der Waals surface area contributed by atoms with Crippen LogP contribution in [0.15, 0.2) is 70.6 Å². The number of pyridine rings is 1. The molecule has 0 N–H and O–H groups in total. The Morgan fingerprint density at radius 2 is 1.46 bits per heavy atom. The van der Waals surface area contributed by atoms with E-state index in [2.05, 4.69) is 23.0 Å². The second kappa shape index (κ2) is 8.65. The fourth-order valence-corrected chi connectivity index (χ4v) is 2.80. The summed E-state index contributed by atoms with van der Waals surface area (Å²) in [7, 11) is 0. The van der Waals surface area contributed by atoms with Crippen molar-refractivity contribution in [1.82, 2.24) is 4.98 Å². The van der Waals surface area contributed by atoms with E-state index in [9.17, 15) is 8.78 Å². The van der Waals surface area contributed by atoms with E-state index in [-0.39, 0.29) is 5.69 Å². The molecule has 0 radical (unpaired) electrons. The highest BCUT2D eigenvalue weighted by atomic mass is 19.1. The van der Waals surface area contributed by atoms with Crippen molar-refractivity contribution < 1.29 is 8.78 Å². The summed E-state index contributed by atoms with van der Waals surface area (Å²) in [4.78, 5) is 13.6. The van der Waals surface area contributed by atoms with Gasteiger partial charge in [0, 0.05) is 6.07 Å². The lowest BCUT2D eigenvalue weighted by Gasteiger charge is -2.07. The van der Waals surface area contributed by atoms with Gasteiger partial charge in [0.2, 0.25) is 0 Å². The number of nitrogens with zero attached hydrogens (tertiary/aromatic N) is 3. The zero-order valence-electron chi connectivity index (χ0n) is 16.1. The van der Waals surface area contributed by atoms with Crippen LogP contribution in [0.5, 0.6) is 0 Å². The number of aromatic nitrogens is 1. The Labute approximate surface area is 163 Å². The number of para-hydroxylation sites is 1. The topological polar surface area (TPSA) is 37.6 Å². The highest BCUT2D eigenvalue weighted by Gasteiger charge is 2.08. The van der Waals surface area contributed by atoms with E-state index in [0.29, 0.717) is 11.4 Å². The second-order valence-electron chi connectivity index (χ2n) is 6.38. The summed E-state index contributed by atoms with van der Waals surface area (Å²) >= 11 is 0. The van der Waals surface area contributed by atoms with Crippen LogP contribution in [0, 0.1) is 11.6 Å². The second-order valence-corrected chi connectivity index (χ2v) is 6.38. The Morgan fingerprint density at radius 3 is 2.11 bits per heavy atom. The van der Waals surface area contributed by atoms with Crippen LogP contribution in [0.3, 0.4) is 0 Å². The predicted molar refractivity (Wildman–Crippen MR) is 110 cm³/mol. The Balaban J connectivity index is 1.93. The van der Waals surface area contributed by atoms with Gasteiger partial charge in [-0.15, -0.1) is 0 Å². The molecule has 1 heterocycles. The molecule has 3 rings (SSSR count). The molecule has 0 saturated carbocycles. The first-order chi connectivity index (χ1) is 13.5. The highest BCUT2D eigenvalue weighted by Crippen LogP contribution is 2.21. The summed E-state index contributed by atoms with van der Waals surface area (Å²) in [5.74, 6) is -1.34. The molecule has 3 nitrogen and oxygen atoms in total. The molecule has 3 aromatic rings. The van der Waals surface area contributed by atoms with Crippen molar-refractivity contribution in [3.05, 3.63) is 89.2 Å². The van der Waals surface area contributed by atoms with E-state index >= 15 is 0 Å². The summed E-state index contributed by atoms with van der Waals surface area (Å²) < 4.78 is 26.9. The maximum atomic E-state index is 13.9. The number of rotatable bonds is 5. The molecule has 0 spiro atoms. The first-order valence-electron chi connectivity index (χ1n) is 9.09. The third-order valence-electron chi connectivity index (χ3n) is 4.35. The van der Waals surface area contributed by atoms with Crippen LogP contribution in [0.2, 0.25) is 0 Å². The zero-order chi connectivity index (χ0) is 20.1. The minimum absolute atomic E-state index is 0.0772. The van der Waals surface area contributed by atoms with Crippen LogP contribution in [0.25, 0.3) is 0 Å². The molecule has 28 heavy (non-hydrogen) atoms. The molecule has 142 valence electrons. The maximum Gasteiger partial charge on any atom is 0.151 e. The summed E-state index contributed by atoms with van der Waals surface area (Å²) in [6, 6.07) is 16.9. The van der Waals surface area contributed by atoms with Crippen LogP contribution in [0.1, 0.15) is 37.7 Å². The Kier molecular flexibility index (Phi) is 6.04. The Bertz CT molecular complexity index is 1060. The molecular formula is C23H21F2N3. The summed E-state index contributed by atoms with van der Waals surface area (Å²) in [5, 5.41) is 0. The normalized spacial score (nSPS) is 12.3. The number of aryl methyl sites for hydroxylation is 1. The Morgan fingerprint density at radius 1 is 0.821 bits per heavy atom. The van der Waals surface area contributed by atoms with E-state index < -0.39 is 11.6 Å². The van der Waals surface area contributed by atoms with Gasteiger partial charge in [-0.1, -0.05) is 31.2 Å². The van der Waals surface area contributed by atoms with Crippen molar-refractivity contribution in [2.45, 2.75) is 27.2 Å². The lowest BCUT2D eigenvalue weighted by molar-refractivity contribution is 0.585. The molecule has 1 aromatic heterocycles. The van der Waals surface area contributed by atoms with Gasteiger partial charge in [0.05, 0.1) is 34.2 Å². The van der Waals surface area contributed by atoms with E-state index in [1.165, 1.54) is 17.7 Å². The van der Waals surface area contributed by atoms with E-state index in [1.807, 2.05) is 37.3 Å². The smallest absolute Gasteiger partial charge is 0.151 e. The molecule has 0 saturated heterocycles. The average Bonchev–Trinajstić information content (AvgIpc) is 2.70. The van der Waals surface area contributed by atoms with Crippen LogP contribution < -0.4 is 0 Å². The van der Waals surface area contributed by atoms with Crippen LogP contribution in [-0.4, -0.2) is 16.4 Å². The molecule has 0 aliphatic rings. The van der Waals surface area contributed by atoms with Crippen LogP contribution in [0.4, 0.5) is 20.2 Å². The van der Waals surface area contributed by atoms with Gasteiger partial charge in [0.15, 0.2) is 5.82 Å². The van der Waals surface area contributed by atoms with Gasteiger partial charge in [-0.2, -0.15) is 0 Å². The lowest BCUT2D eigenvalue weighted by atomic mass is 10.1. The van der Waals surface area contributed by atoms with E-state index in [1.54, 1.807) is 13.0 Å². The number of aliphatic imine (C=N–C) groups is 2. The zero-order valence-corrected chi connectivity index (χ0v) is 16.1. The average molecular weight is 377 g/mol. The highest BCUT2D eigenvalue weighted by molar-refractivity contribution is 6.02. The van der Waals surface area contributed by atoms with Crippen molar-refractivity contribution >= 4 is 22.8 Å². The first kappa shape index (κ1) is 19.5. The van der Waals surface area contributed by atoms with Gasteiger partial charge in [0.25, 0.3) is 0 Å². The molecule has 0 fully saturated rings. The Hall–Kier alpha value is -3.21. The van der Waals surface area contributed by atoms with Crippen molar-refractivity contribution in [2.24, 2.45) is 9.98 Å². The summed E-state index contributed by atoms with van der Waals surface area (Å²) in [6.45, 7) is 5.75. The predicted octanol–water partition coefficient (Wildman–Crippen LogP) is 6.20. The van der Waals surface area contributed by atoms with Gasteiger partial charge < -0.3 is 0 Å². The number of benzene rings is 2. The molecule has 0 bridgehead atoms. The monoisotopic (exact) mass is 377 g/mol. The minimum atomic E-state index is -0.704. The number of hydrogen-bond acceptors (Lipinski definition) is 3. The lowest BCUT2D eigenvalue weighted by Crippen LogP contribution is -2.05. The third kappa shape index (κ3) is 4.55. The van der Waals surface area contributed by atoms with Gasteiger partial charge in [-0.05, 0) is 56.2 Å². The van der Waals surface area contributed by atoms with Gasteiger partial charge >= 0.3 is 0 Å². The molecular weight excluding hydrogens is 356 g/mol. The van der Waals surface area contributed by atoms with Crippen molar-refractivity contribution in [3.63, 3.8) is 0 Å². The van der Waals surface area contributed by atoms with Gasteiger partial charge in [-0.3, -0.25) is 4.99 Å². The van der Waals surface area contributed by atoms with Crippen LogP contribution in [-0.2, 0) is 6.42 Å². The first-order valence-corrected chi connectivity index (χ1v) is 9.09. The van der Waals surface area contributed by atoms with Gasteiger partial charge in [0.1, 0.15) is 5.82 Å². The summed E-state index contributed by atoms with van der Waals surface area (Å²) in [5.41, 5.74) is 4.82. The fourth-order valence-electron chi connectivity index (χ4n) is 2.80. The molecule has 0 amide bonds. The van der Waals surface area contributed by atoms with Gasteiger partial charge in [-0.25, -0.2) is 18.8 Å². The maximum absolute atomic E-state index is 13.9. The molecule has 5 heteroatoms. The molecule has 0 unspecified atom stereocenters. The summed E-state index contributed by atoms with van der Waals surface area (Å²) in [6.07, 6.45) is 0.898. The standard InChI is InChI=1S/C23H21F2N3/c1-4-17-8-5-6-9-22(17)26-15(2)20-10-7-11-21(28-20)16(3)27-23-13-12-18(24)14-19(23)25/h5-14H,4H2,1-3H3. The number of halogens is 2. The number of hydrogen-bond donors (Lipinski definition) is 0.